The van der Waals surface area contributed by atoms with Crippen LogP contribution in [0, 0.1) is 11.6 Å². The van der Waals surface area contributed by atoms with Crippen molar-refractivity contribution in [1.29, 1.82) is 0 Å². The Balaban J connectivity index is 0.00000226. The summed E-state index contributed by atoms with van der Waals surface area (Å²) in [4.78, 5) is 16.8. The van der Waals surface area contributed by atoms with Crippen molar-refractivity contribution < 1.29 is 27.7 Å². The summed E-state index contributed by atoms with van der Waals surface area (Å²) in [5.74, 6) is -3.48. The minimum Gasteiger partial charge on any atom is -0.451 e. The number of likely N-dealkylation sites (N-methyl/N-ethyl adjacent to an activating group) is 1. The summed E-state index contributed by atoms with van der Waals surface area (Å²) in [7, 11) is -0.323. The molecular formula is C28H29ClF2N4O4S2. The molecule has 0 fully saturated rings. The highest BCUT2D eigenvalue weighted by Crippen LogP contribution is 2.31. The molecule has 0 saturated carbocycles. The van der Waals surface area contributed by atoms with Crippen LogP contribution in [0.1, 0.15) is 13.8 Å². The van der Waals surface area contributed by atoms with E-state index in [1.165, 1.54) is 46.0 Å². The Morgan fingerprint density at radius 3 is 2.44 bits per heavy atom. The third kappa shape index (κ3) is 8.93. The second-order valence-electron chi connectivity index (χ2n) is 8.22. The summed E-state index contributed by atoms with van der Waals surface area (Å²) < 4.78 is 51.4. The fourth-order valence-corrected chi connectivity index (χ4v) is 5.81. The summed E-state index contributed by atoms with van der Waals surface area (Å²) in [6, 6.07) is 15.4. The van der Waals surface area contributed by atoms with Crippen LogP contribution in [0.2, 0.25) is 5.02 Å². The molecule has 0 aliphatic rings. The number of pyridine rings is 1. The number of benzene rings is 3. The van der Waals surface area contributed by atoms with Crippen LogP contribution in [0.5, 0.6) is 11.5 Å². The zero-order valence-corrected chi connectivity index (χ0v) is 24.9. The molecule has 0 bridgehead atoms. The maximum atomic E-state index is 14.8. The lowest BCUT2D eigenvalue weighted by atomic mass is 10.2. The van der Waals surface area contributed by atoms with Gasteiger partial charge in [0, 0.05) is 40.8 Å². The molecule has 41 heavy (non-hydrogen) atoms. The van der Waals surface area contributed by atoms with Crippen molar-refractivity contribution >= 4 is 51.2 Å². The number of hydroxylamine groups is 1. The van der Waals surface area contributed by atoms with Gasteiger partial charge in [-0.15, -0.1) is 0 Å². The van der Waals surface area contributed by atoms with Gasteiger partial charge in [-0.1, -0.05) is 37.6 Å². The molecule has 2 N–H and O–H groups in total. The van der Waals surface area contributed by atoms with Crippen LogP contribution in [0.15, 0.2) is 82.8 Å². The van der Waals surface area contributed by atoms with Crippen molar-refractivity contribution in [3.05, 3.63) is 89.7 Å². The largest absolute Gasteiger partial charge is 0.451 e. The van der Waals surface area contributed by atoms with Crippen molar-refractivity contribution in [2.75, 3.05) is 26.7 Å². The van der Waals surface area contributed by atoms with Crippen LogP contribution in [0.25, 0.3) is 10.8 Å². The zero-order chi connectivity index (χ0) is 29.9. The Labute approximate surface area is 249 Å². The maximum absolute atomic E-state index is 14.8. The third-order valence-corrected chi connectivity index (χ3v) is 8.16. The molecule has 8 nitrogen and oxygen atoms in total. The fourth-order valence-electron chi connectivity index (χ4n) is 3.56. The smallest absolute Gasteiger partial charge is 0.258 e. The number of hydrogen-bond acceptors (Lipinski definition) is 7. The summed E-state index contributed by atoms with van der Waals surface area (Å²) in [6.07, 6.45) is 3.47. The number of hydrogen-bond donors (Lipinski definition) is 2. The monoisotopic (exact) mass is 622 g/mol. The summed E-state index contributed by atoms with van der Waals surface area (Å²) >= 11 is 7.27. The number of ether oxygens (including phenoxy) is 1. The van der Waals surface area contributed by atoms with Gasteiger partial charge in [-0.2, -0.15) is 0 Å². The van der Waals surface area contributed by atoms with Crippen LogP contribution in [0.3, 0.4) is 0 Å². The first-order valence-electron chi connectivity index (χ1n) is 12.5. The molecule has 218 valence electrons. The molecule has 4 aromatic rings. The van der Waals surface area contributed by atoms with Gasteiger partial charge in [-0.25, -0.2) is 27.1 Å². The second-order valence-corrected chi connectivity index (χ2v) is 11.4. The van der Waals surface area contributed by atoms with E-state index >= 15 is 0 Å². The molecule has 0 aliphatic heterocycles. The van der Waals surface area contributed by atoms with E-state index < -0.39 is 40.8 Å². The molecule has 13 heteroatoms. The number of rotatable bonds is 11. The van der Waals surface area contributed by atoms with E-state index in [1.807, 2.05) is 49.5 Å². The van der Waals surface area contributed by atoms with E-state index in [2.05, 4.69) is 4.98 Å². The normalized spacial score (nSPS) is 11.7. The Bertz CT molecular complexity index is 1470. The van der Waals surface area contributed by atoms with Crippen LogP contribution < -0.4 is 10.2 Å². The number of carbonyl (C=O) groups excluding carboxylic acids is 1. The van der Waals surface area contributed by atoms with Crippen molar-refractivity contribution in [2.24, 2.45) is 0 Å². The van der Waals surface area contributed by atoms with Gasteiger partial charge >= 0.3 is 0 Å². The lowest BCUT2D eigenvalue weighted by Crippen LogP contribution is -2.40. The van der Waals surface area contributed by atoms with Crippen molar-refractivity contribution in [2.45, 2.75) is 23.6 Å². The lowest BCUT2D eigenvalue weighted by molar-refractivity contribution is -0.129. The van der Waals surface area contributed by atoms with Gasteiger partial charge in [0.15, 0.2) is 17.4 Å². The van der Waals surface area contributed by atoms with Gasteiger partial charge in [0.25, 0.3) is 5.91 Å². The summed E-state index contributed by atoms with van der Waals surface area (Å²) in [5.41, 5.74) is 1.50. The van der Waals surface area contributed by atoms with Crippen molar-refractivity contribution in [3.63, 3.8) is 0 Å². The minimum absolute atomic E-state index is 0.0715. The number of carbonyl (C=O) groups is 1. The highest BCUT2D eigenvalue weighted by molar-refractivity contribution is 7.97. The number of aromatic nitrogens is 1. The van der Waals surface area contributed by atoms with Gasteiger partial charge in [0.1, 0.15) is 16.7 Å². The van der Waals surface area contributed by atoms with E-state index in [0.29, 0.717) is 11.6 Å². The van der Waals surface area contributed by atoms with E-state index in [0.717, 1.165) is 27.8 Å². The van der Waals surface area contributed by atoms with E-state index in [1.54, 1.807) is 12.4 Å². The number of nitrogens with zero attached hydrogens (tertiary/aromatic N) is 3. The molecule has 1 aromatic heterocycles. The average molecular weight is 623 g/mol. The molecule has 1 amide bonds. The molecule has 1 heterocycles. The molecule has 0 radical (unpaired) electrons. The molecule has 3 aromatic carbocycles. The molecule has 4 rings (SSSR count). The quantitative estimate of drug-likeness (QED) is 0.113. The van der Waals surface area contributed by atoms with Gasteiger partial charge in [-0.05, 0) is 72.9 Å². The molecule has 1 atom stereocenters. The van der Waals surface area contributed by atoms with Crippen LogP contribution >= 0.6 is 23.5 Å². The van der Waals surface area contributed by atoms with E-state index in [-0.39, 0.29) is 17.2 Å². The number of nitrogens with one attached hydrogen (secondary N) is 1. The van der Waals surface area contributed by atoms with E-state index in [4.69, 9.17) is 21.5 Å². The average Bonchev–Trinajstić information content (AvgIpc) is 2.98. The standard InChI is InChI=1S/C26H23ClF2N4O4S2.C2H6/c1-32(38-24-4-2-3-17-15-30-10-9-21(17)24)11-12-33(16-25(34)31-35)39(36)20-13-22(28)26(23(29)14-20)37-19-7-5-18(27)6-8-19;1-2/h2-10,13-15,35H,11-12,16H2,1H3,(H,31,34);1-2H3. The topological polar surface area (TPSA) is 95.0 Å². The van der Waals surface area contributed by atoms with Gasteiger partial charge in [0.05, 0.1) is 11.4 Å². The van der Waals surface area contributed by atoms with Crippen molar-refractivity contribution in [1.82, 2.24) is 19.1 Å². The summed E-state index contributed by atoms with van der Waals surface area (Å²) in [6.45, 7) is 3.91. The Kier molecular flexibility index (Phi) is 12.4. The first-order chi connectivity index (χ1) is 19.7. The molecule has 1 unspecified atom stereocenters. The van der Waals surface area contributed by atoms with E-state index in [9.17, 15) is 17.8 Å². The van der Waals surface area contributed by atoms with Gasteiger partial charge < -0.3 is 4.74 Å². The molecular weight excluding hydrogens is 594 g/mol. The molecule has 0 aliphatic carbocycles. The highest BCUT2D eigenvalue weighted by atomic mass is 35.5. The van der Waals surface area contributed by atoms with Crippen molar-refractivity contribution in [3.8, 4) is 11.5 Å². The zero-order valence-electron chi connectivity index (χ0n) is 22.5. The Hall–Kier alpha value is -3.13. The van der Waals surface area contributed by atoms with Crippen LogP contribution in [-0.2, 0) is 15.8 Å². The minimum atomic E-state index is -2.14. The van der Waals surface area contributed by atoms with Crippen LogP contribution in [0.4, 0.5) is 8.78 Å². The fraction of sp³-hybridized carbons (Fsp3) is 0.214. The van der Waals surface area contributed by atoms with Crippen LogP contribution in [-0.4, -0.2) is 55.6 Å². The molecule has 0 spiro atoms. The molecule has 0 saturated heterocycles. The predicted octanol–water partition coefficient (Wildman–Crippen LogP) is 6.45. The lowest BCUT2D eigenvalue weighted by Gasteiger charge is -2.24. The van der Waals surface area contributed by atoms with Gasteiger partial charge in [-0.3, -0.25) is 15.0 Å². The number of amides is 1. The van der Waals surface area contributed by atoms with Gasteiger partial charge in [0.2, 0.25) is 0 Å². The number of fused-ring (bicyclic) bond motifs is 1. The predicted molar refractivity (Wildman–Crippen MR) is 157 cm³/mol. The maximum Gasteiger partial charge on any atom is 0.258 e. The summed E-state index contributed by atoms with van der Waals surface area (Å²) in [5, 5.41) is 11.4. The first-order valence-corrected chi connectivity index (χ1v) is 14.7. The number of halogens is 3. The SMILES string of the molecule is CC.CN(CCN(CC(=O)NO)S(=O)c1cc(F)c(Oc2ccc(Cl)cc2)c(F)c1)Sc1cccc2cnccc12. The third-order valence-electron chi connectivity index (χ3n) is 5.45. The highest BCUT2D eigenvalue weighted by Gasteiger charge is 2.23. The first kappa shape index (κ1) is 32.4. The second kappa shape index (κ2) is 15.8. The Morgan fingerprint density at radius 1 is 1.10 bits per heavy atom. The Morgan fingerprint density at radius 2 is 1.78 bits per heavy atom.